The van der Waals surface area contributed by atoms with Crippen molar-refractivity contribution >= 4 is 5.97 Å². The average molecular weight is 257 g/mol. The first kappa shape index (κ1) is 17.4. The minimum Gasteiger partial charge on any atom is -0.465 e. The second-order valence-corrected chi connectivity index (χ2v) is 5.72. The van der Waals surface area contributed by atoms with Gasteiger partial charge in [-0.3, -0.25) is 4.79 Å². The number of nitrogens with one attached hydrogen (secondary N) is 1. The van der Waals surface area contributed by atoms with Gasteiger partial charge >= 0.3 is 5.97 Å². The summed E-state index contributed by atoms with van der Waals surface area (Å²) >= 11 is 0. The molecule has 0 rings (SSSR count). The highest BCUT2D eigenvalue weighted by Gasteiger charge is 2.22. The van der Waals surface area contributed by atoms with Crippen molar-refractivity contribution in [3.8, 4) is 0 Å². The van der Waals surface area contributed by atoms with Crippen molar-refractivity contribution in [1.82, 2.24) is 5.32 Å². The first-order valence-corrected chi connectivity index (χ1v) is 7.36. The fourth-order valence-corrected chi connectivity index (χ4v) is 1.98. The number of hydrogen-bond donors (Lipinski definition) is 1. The minimum atomic E-state index is -0.157. The van der Waals surface area contributed by atoms with Crippen LogP contribution in [0.1, 0.15) is 66.7 Å². The third-order valence-electron chi connectivity index (χ3n) is 3.26. The highest BCUT2D eigenvalue weighted by molar-refractivity contribution is 5.75. The van der Waals surface area contributed by atoms with Gasteiger partial charge in [-0.1, -0.05) is 47.0 Å². The summed E-state index contributed by atoms with van der Waals surface area (Å²) in [6.45, 7) is 11.9. The van der Waals surface area contributed by atoms with E-state index in [0.29, 0.717) is 6.61 Å². The van der Waals surface area contributed by atoms with Crippen molar-refractivity contribution in [2.45, 2.75) is 72.8 Å². The van der Waals surface area contributed by atoms with E-state index in [9.17, 15) is 4.79 Å². The third-order valence-corrected chi connectivity index (χ3v) is 3.26. The van der Waals surface area contributed by atoms with Crippen LogP contribution in [0, 0.1) is 5.41 Å². The fourth-order valence-electron chi connectivity index (χ4n) is 1.98. The summed E-state index contributed by atoms with van der Waals surface area (Å²) in [4.78, 5) is 11.7. The molecule has 0 aromatic carbocycles. The lowest BCUT2D eigenvalue weighted by Crippen LogP contribution is -2.42. The second-order valence-electron chi connectivity index (χ2n) is 5.72. The van der Waals surface area contributed by atoms with Crippen LogP contribution >= 0.6 is 0 Å². The molecule has 1 N–H and O–H groups in total. The van der Waals surface area contributed by atoms with Crippen molar-refractivity contribution in [3.63, 3.8) is 0 Å². The zero-order chi connectivity index (χ0) is 14.0. The number of hydrogen-bond acceptors (Lipinski definition) is 3. The van der Waals surface area contributed by atoms with Crippen molar-refractivity contribution in [2.75, 3.05) is 13.2 Å². The van der Waals surface area contributed by atoms with Gasteiger partial charge in [-0.15, -0.1) is 0 Å². The lowest BCUT2D eigenvalue weighted by atomic mass is 9.86. The van der Waals surface area contributed by atoms with E-state index in [4.69, 9.17) is 4.74 Å². The van der Waals surface area contributed by atoms with Gasteiger partial charge in [0, 0.05) is 6.54 Å². The van der Waals surface area contributed by atoms with Crippen LogP contribution in [0.4, 0.5) is 0 Å². The normalized spacial score (nSPS) is 13.4. The summed E-state index contributed by atoms with van der Waals surface area (Å²) in [5.74, 6) is -0.121. The van der Waals surface area contributed by atoms with Gasteiger partial charge in [0.2, 0.25) is 0 Å². The summed E-state index contributed by atoms with van der Waals surface area (Å²) in [6.07, 6.45) is 5.79. The van der Waals surface area contributed by atoms with Crippen LogP contribution in [0.2, 0.25) is 0 Å². The van der Waals surface area contributed by atoms with Gasteiger partial charge in [0.1, 0.15) is 6.04 Å². The van der Waals surface area contributed by atoms with E-state index in [1.165, 1.54) is 25.7 Å². The van der Waals surface area contributed by atoms with Gasteiger partial charge in [0.15, 0.2) is 0 Å². The van der Waals surface area contributed by atoms with Crippen LogP contribution in [0.3, 0.4) is 0 Å². The van der Waals surface area contributed by atoms with E-state index in [2.05, 4.69) is 26.1 Å². The number of unbranched alkanes of at least 4 members (excludes halogenated alkanes) is 2. The number of rotatable bonds is 10. The minimum absolute atomic E-state index is 0.121. The number of carbonyl (C=O) groups excluding carboxylic acids is 1. The molecule has 0 amide bonds. The Morgan fingerprint density at radius 2 is 1.89 bits per heavy atom. The van der Waals surface area contributed by atoms with Gasteiger partial charge in [-0.2, -0.15) is 0 Å². The first-order valence-electron chi connectivity index (χ1n) is 7.36. The quantitative estimate of drug-likeness (QED) is 0.480. The molecular formula is C15H31NO2. The molecule has 0 radical (unpaired) electrons. The Hall–Kier alpha value is -0.570. The van der Waals surface area contributed by atoms with E-state index in [1.807, 2.05) is 13.8 Å². The van der Waals surface area contributed by atoms with E-state index in [-0.39, 0.29) is 17.4 Å². The maximum Gasteiger partial charge on any atom is 0.323 e. The summed E-state index contributed by atoms with van der Waals surface area (Å²) in [6, 6.07) is -0.157. The molecule has 0 fully saturated rings. The maximum absolute atomic E-state index is 11.7. The predicted octanol–water partition coefficient (Wildman–Crippen LogP) is 3.52. The second kappa shape index (κ2) is 9.37. The molecule has 0 saturated carbocycles. The van der Waals surface area contributed by atoms with Crippen molar-refractivity contribution in [2.24, 2.45) is 5.41 Å². The maximum atomic E-state index is 11.7. The monoisotopic (exact) mass is 257 g/mol. The molecule has 18 heavy (non-hydrogen) atoms. The van der Waals surface area contributed by atoms with Crippen LogP contribution in [-0.4, -0.2) is 25.2 Å². The number of esters is 1. The van der Waals surface area contributed by atoms with Crippen LogP contribution in [0.15, 0.2) is 0 Å². The highest BCUT2D eigenvalue weighted by Crippen LogP contribution is 2.23. The molecule has 1 unspecified atom stereocenters. The summed E-state index contributed by atoms with van der Waals surface area (Å²) in [7, 11) is 0. The zero-order valence-corrected chi connectivity index (χ0v) is 12.8. The Morgan fingerprint density at radius 1 is 1.22 bits per heavy atom. The molecule has 108 valence electrons. The lowest BCUT2D eigenvalue weighted by molar-refractivity contribution is -0.145. The number of carbonyl (C=O) groups is 1. The van der Waals surface area contributed by atoms with Crippen LogP contribution in [0.5, 0.6) is 0 Å². The average Bonchev–Trinajstić information content (AvgIpc) is 2.30. The molecule has 0 heterocycles. The van der Waals surface area contributed by atoms with Gasteiger partial charge in [0.05, 0.1) is 6.61 Å². The van der Waals surface area contributed by atoms with E-state index < -0.39 is 0 Å². The SMILES string of the molecule is CCCCCC(C)(C)CNC(CC)C(=O)OCC. The van der Waals surface area contributed by atoms with Crippen LogP contribution in [-0.2, 0) is 9.53 Å². The Bertz CT molecular complexity index is 227. The molecule has 1 atom stereocenters. The van der Waals surface area contributed by atoms with E-state index in [1.54, 1.807) is 0 Å². The molecule has 3 nitrogen and oxygen atoms in total. The summed E-state index contributed by atoms with van der Waals surface area (Å²) in [5, 5.41) is 3.35. The summed E-state index contributed by atoms with van der Waals surface area (Å²) < 4.78 is 5.06. The molecule has 0 bridgehead atoms. The molecule has 0 saturated heterocycles. The summed E-state index contributed by atoms with van der Waals surface area (Å²) in [5.41, 5.74) is 0.245. The van der Waals surface area contributed by atoms with Gasteiger partial charge < -0.3 is 10.1 Å². The highest BCUT2D eigenvalue weighted by atomic mass is 16.5. The third kappa shape index (κ3) is 7.70. The predicted molar refractivity (Wildman–Crippen MR) is 76.6 cm³/mol. The Balaban J connectivity index is 4.05. The van der Waals surface area contributed by atoms with Crippen LogP contribution < -0.4 is 5.32 Å². The first-order chi connectivity index (χ1) is 8.46. The van der Waals surface area contributed by atoms with Crippen molar-refractivity contribution in [3.05, 3.63) is 0 Å². The molecule has 0 aliphatic carbocycles. The lowest BCUT2D eigenvalue weighted by Gasteiger charge is -2.27. The smallest absolute Gasteiger partial charge is 0.323 e. The fraction of sp³-hybridized carbons (Fsp3) is 0.933. The molecular weight excluding hydrogens is 226 g/mol. The zero-order valence-electron chi connectivity index (χ0n) is 12.8. The Morgan fingerprint density at radius 3 is 2.39 bits per heavy atom. The van der Waals surface area contributed by atoms with Gasteiger partial charge in [-0.25, -0.2) is 0 Å². The van der Waals surface area contributed by atoms with Crippen molar-refractivity contribution < 1.29 is 9.53 Å². The molecule has 0 aromatic rings. The van der Waals surface area contributed by atoms with Gasteiger partial charge in [0.25, 0.3) is 0 Å². The Kier molecular flexibility index (Phi) is 9.08. The molecule has 3 heteroatoms. The molecule has 0 spiro atoms. The number of ether oxygens (including phenoxy) is 1. The molecule has 0 aliphatic rings. The van der Waals surface area contributed by atoms with Crippen molar-refractivity contribution in [1.29, 1.82) is 0 Å². The molecule has 0 aromatic heterocycles. The standard InChI is InChI=1S/C15H31NO2/c1-6-9-10-11-15(4,5)12-16-13(7-2)14(17)18-8-3/h13,16H,6-12H2,1-5H3. The molecule has 0 aliphatic heterocycles. The Labute approximate surface area is 113 Å². The van der Waals surface area contributed by atoms with E-state index >= 15 is 0 Å². The van der Waals surface area contributed by atoms with Crippen LogP contribution in [0.25, 0.3) is 0 Å². The van der Waals surface area contributed by atoms with Gasteiger partial charge in [-0.05, 0) is 25.2 Å². The van der Waals surface area contributed by atoms with E-state index in [0.717, 1.165) is 13.0 Å². The topological polar surface area (TPSA) is 38.3 Å². The largest absolute Gasteiger partial charge is 0.465 e.